The summed E-state index contributed by atoms with van der Waals surface area (Å²) >= 11 is 0. The van der Waals surface area contributed by atoms with E-state index in [1.54, 1.807) is 0 Å². The maximum Gasteiger partial charge on any atom is 0.166 e. The third kappa shape index (κ3) is 4.96. The van der Waals surface area contributed by atoms with E-state index in [0.717, 1.165) is 49.9 Å². The second-order valence-corrected chi connectivity index (χ2v) is 15.2. The van der Waals surface area contributed by atoms with Crippen LogP contribution in [0.4, 0.5) is 0 Å². The van der Waals surface area contributed by atoms with Gasteiger partial charge in [-0.15, -0.1) is 0 Å². The quantitative estimate of drug-likeness (QED) is 0.178. The van der Waals surface area contributed by atoms with Crippen LogP contribution in [0.1, 0.15) is 25.0 Å². The minimum Gasteiger partial charge on any atom is -0.308 e. The highest BCUT2D eigenvalue weighted by molar-refractivity contribution is 6.10. The maximum absolute atomic E-state index is 5.46. The molecule has 8 aromatic carbocycles. The van der Waals surface area contributed by atoms with Crippen molar-refractivity contribution in [1.29, 1.82) is 0 Å². The van der Waals surface area contributed by atoms with E-state index in [9.17, 15) is 0 Å². The number of aromatic nitrogens is 4. The van der Waals surface area contributed by atoms with Crippen molar-refractivity contribution >= 4 is 32.6 Å². The number of rotatable bonds is 5. The fraction of sp³-hybridized carbons (Fsp3) is 0.0577. The van der Waals surface area contributed by atoms with E-state index in [0.29, 0.717) is 17.5 Å². The maximum atomic E-state index is 5.46. The van der Waals surface area contributed by atoms with Gasteiger partial charge in [-0.25, -0.2) is 15.0 Å². The lowest BCUT2D eigenvalue weighted by molar-refractivity contribution is 0.660. The van der Waals surface area contributed by atoms with E-state index in [1.807, 2.05) is 0 Å². The Kier molecular flexibility index (Phi) is 7.17. The molecule has 1 aliphatic rings. The van der Waals surface area contributed by atoms with Crippen molar-refractivity contribution in [3.05, 3.63) is 193 Å². The van der Waals surface area contributed by atoms with Crippen LogP contribution >= 0.6 is 0 Å². The summed E-state index contributed by atoms with van der Waals surface area (Å²) < 4.78 is 2.38. The first kappa shape index (κ1) is 32.3. The van der Waals surface area contributed by atoms with E-state index in [1.165, 1.54) is 38.4 Å². The Balaban J connectivity index is 1.22. The number of benzene rings is 8. The van der Waals surface area contributed by atoms with E-state index in [4.69, 9.17) is 15.0 Å². The van der Waals surface area contributed by atoms with E-state index >= 15 is 0 Å². The molecule has 56 heavy (non-hydrogen) atoms. The predicted molar refractivity (Wildman–Crippen MR) is 231 cm³/mol. The number of hydrogen-bond acceptors (Lipinski definition) is 3. The Labute approximate surface area is 325 Å². The molecule has 4 heteroatoms. The standard InChI is InChI=1S/C52H36N4/c1-52(2)43-23-11-8-21-40(43)48-42(22-14-24-44(48)52)51-54-49(37-28-27-34-17-6-7-18-35(34)31-37)53-50(55-51)41-30-29-36(33-15-4-3-5-16-33)32-47(41)56-45-25-12-9-19-38(45)39-20-10-13-26-46(39)56/h3-32H,1-2H3. The van der Waals surface area contributed by atoms with Crippen molar-refractivity contribution in [2.24, 2.45) is 0 Å². The molecule has 0 saturated heterocycles. The zero-order valence-electron chi connectivity index (χ0n) is 31.1. The molecule has 2 heterocycles. The first-order valence-electron chi connectivity index (χ1n) is 19.2. The van der Waals surface area contributed by atoms with Crippen LogP contribution < -0.4 is 0 Å². The molecule has 2 aromatic heterocycles. The Morgan fingerprint density at radius 2 is 0.982 bits per heavy atom. The molecule has 0 atom stereocenters. The summed E-state index contributed by atoms with van der Waals surface area (Å²) in [7, 11) is 0. The molecule has 0 fully saturated rings. The van der Waals surface area contributed by atoms with Crippen molar-refractivity contribution in [3.8, 4) is 62.1 Å². The van der Waals surface area contributed by atoms with Crippen LogP contribution in [0.2, 0.25) is 0 Å². The molecule has 0 aliphatic heterocycles. The van der Waals surface area contributed by atoms with Crippen LogP contribution in [0, 0.1) is 0 Å². The molecule has 1 aliphatic carbocycles. The van der Waals surface area contributed by atoms with Crippen LogP contribution in [0.25, 0.3) is 94.7 Å². The summed E-state index contributed by atoms with van der Waals surface area (Å²) in [5.74, 6) is 1.92. The average Bonchev–Trinajstić information content (AvgIpc) is 3.72. The molecule has 0 spiro atoms. The first-order valence-corrected chi connectivity index (χ1v) is 19.2. The van der Waals surface area contributed by atoms with Gasteiger partial charge in [0.25, 0.3) is 0 Å². The van der Waals surface area contributed by atoms with E-state index in [-0.39, 0.29) is 5.41 Å². The first-order chi connectivity index (χ1) is 27.5. The Morgan fingerprint density at radius 3 is 1.77 bits per heavy atom. The van der Waals surface area contributed by atoms with Gasteiger partial charge in [0.15, 0.2) is 17.5 Å². The van der Waals surface area contributed by atoms with Crippen LogP contribution in [0.3, 0.4) is 0 Å². The Morgan fingerprint density at radius 1 is 0.393 bits per heavy atom. The van der Waals surface area contributed by atoms with Crippen LogP contribution in [-0.4, -0.2) is 19.5 Å². The van der Waals surface area contributed by atoms with Crippen molar-refractivity contribution < 1.29 is 0 Å². The van der Waals surface area contributed by atoms with Crippen molar-refractivity contribution in [2.75, 3.05) is 0 Å². The number of hydrogen-bond donors (Lipinski definition) is 0. The topological polar surface area (TPSA) is 43.6 Å². The van der Waals surface area contributed by atoms with Gasteiger partial charge in [0.05, 0.1) is 16.7 Å². The van der Waals surface area contributed by atoms with Crippen LogP contribution in [0.5, 0.6) is 0 Å². The van der Waals surface area contributed by atoms with Gasteiger partial charge in [-0.2, -0.15) is 0 Å². The summed E-state index contributed by atoms with van der Waals surface area (Å²) in [5, 5.41) is 4.72. The van der Waals surface area contributed by atoms with Gasteiger partial charge < -0.3 is 4.57 Å². The fourth-order valence-corrected chi connectivity index (χ4v) is 8.91. The minimum atomic E-state index is -0.157. The summed E-state index contributed by atoms with van der Waals surface area (Å²) in [6.45, 7) is 4.63. The molecule has 0 unspecified atom stereocenters. The number of para-hydroxylation sites is 2. The summed E-state index contributed by atoms with van der Waals surface area (Å²) in [6.07, 6.45) is 0. The molecule has 0 amide bonds. The molecule has 0 N–H and O–H groups in total. The highest BCUT2D eigenvalue weighted by Crippen LogP contribution is 2.52. The summed E-state index contributed by atoms with van der Waals surface area (Å²) in [5.41, 5.74) is 13.3. The number of fused-ring (bicyclic) bond motifs is 7. The third-order valence-electron chi connectivity index (χ3n) is 11.7. The molecule has 10 aromatic rings. The van der Waals surface area contributed by atoms with E-state index in [2.05, 4.69) is 200 Å². The van der Waals surface area contributed by atoms with Gasteiger partial charge in [0.1, 0.15) is 0 Å². The van der Waals surface area contributed by atoms with Gasteiger partial charge >= 0.3 is 0 Å². The normalized spacial score (nSPS) is 13.0. The molecular formula is C52H36N4. The monoisotopic (exact) mass is 716 g/mol. The second kappa shape index (κ2) is 12.4. The Bertz CT molecular complexity index is 3120. The molecular weight excluding hydrogens is 681 g/mol. The zero-order chi connectivity index (χ0) is 37.4. The zero-order valence-corrected chi connectivity index (χ0v) is 31.1. The molecule has 264 valence electrons. The second-order valence-electron chi connectivity index (χ2n) is 15.2. The number of nitrogens with zero attached hydrogens (tertiary/aromatic N) is 4. The lowest BCUT2D eigenvalue weighted by atomic mass is 9.82. The lowest BCUT2D eigenvalue weighted by Crippen LogP contribution is -2.14. The highest BCUT2D eigenvalue weighted by atomic mass is 15.1. The molecule has 0 saturated carbocycles. The smallest absolute Gasteiger partial charge is 0.166 e. The van der Waals surface area contributed by atoms with Gasteiger partial charge in [0.2, 0.25) is 0 Å². The fourth-order valence-electron chi connectivity index (χ4n) is 8.91. The molecule has 11 rings (SSSR count). The SMILES string of the molecule is CC1(C)c2ccccc2-c2c(-c3nc(-c4ccc5ccccc5c4)nc(-c4ccc(-c5ccccc5)cc4-n4c5ccccc5c5ccccc54)n3)cccc21. The third-order valence-corrected chi connectivity index (χ3v) is 11.7. The van der Waals surface area contributed by atoms with Gasteiger partial charge in [-0.05, 0) is 74.5 Å². The summed E-state index contributed by atoms with van der Waals surface area (Å²) in [4.78, 5) is 16.2. The van der Waals surface area contributed by atoms with Gasteiger partial charge in [-0.1, -0.05) is 166 Å². The largest absolute Gasteiger partial charge is 0.308 e. The molecule has 4 nitrogen and oxygen atoms in total. The predicted octanol–water partition coefficient (Wildman–Crippen LogP) is 13.1. The minimum absolute atomic E-state index is 0.157. The van der Waals surface area contributed by atoms with Crippen LogP contribution in [-0.2, 0) is 5.41 Å². The van der Waals surface area contributed by atoms with Crippen molar-refractivity contribution in [2.45, 2.75) is 19.3 Å². The van der Waals surface area contributed by atoms with Crippen LogP contribution in [0.15, 0.2) is 182 Å². The Hall–Kier alpha value is -7.17. The molecule has 0 bridgehead atoms. The van der Waals surface area contributed by atoms with Gasteiger partial charge in [0, 0.05) is 32.9 Å². The highest BCUT2D eigenvalue weighted by Gasteiger charge is 2.37. The van der Waals surface area contributed by atoms with Crippen molar-refractivity contribution in [3.63, 3.8) is 0 Å². The van der Waals surface area contributed by atoms with Crippen molar-refractivity contribution in [1.82, 2.24) is 19.5 Å². The average molecular weight is 717 g/mol. The summed E-state index contributed by atoms with van der Waals surface area (Å²) in [6, 6.07) is 64.8. The molecule has 0 radical (unpaired) electrons. The van der Waals surface area contributed by atoms with E-state index < -0.39 is 0 Å². The van der Waals surface area contributed by atoms with Gasteiger partial charge in [-0.3, -0.25) is 0 Å². The lowest BCUT2D eigenvalue weighted by Gasteiger charge is -2.21.